The van der Waals surface area contributed by atoms with Crippen molar-refractivity contribution in [3.63, 3.8) is 0 Å². The summed E-state index contributed by atoms with van der Waals surface area (Å²) in [5, 5.41) is 0. The molecule has 0 aromatic heterocycles. The molecule has 0 saturated heterocycles. The lowest BCUT2D eigenvalue weighted by Gasteiger charge is -2.33. The van der Waals surface area contributed by atoms with E-state index in [1.165, 1.54) is 11.1 Å². The molecule has 0 aliphatic carbocycles. The first kappa shape index (κ1) is 9.69. The lowest BCUT2D eigenvalue weighted by Crippen LogP contribution is -2.39. The molecular formula is C12H17NO. The highest BCUT2D eigenvalue weighted by Gasteiger charge is 2.22. The van der Waals surface area contributed by atoms with Crippen molar-refractivity contribution in [2.75, 3.05) is 13.7 Å². The highest BCUT2D eigenvalue weighted by Crippen LogP contribution is 2.22. The molecule has 1 aliphatic heterocycles. The molecule has 1 aliphatic rings. The summed E-state index contributed by atoms with van der Waals surface area (Å²) in [6, 6.07) is 8.61. The van der Waals surface area contributed by atoms with Gasteiger partial charge in [-0.05, 0) is 25.1 Å². The average Bonchev–Trinajstić information content (AvgIpc) is 2.19. The number of rotatable bonds is 2. The van der Waals surface area contributed by atoms with Crippen LogP contribution in [0, 0.1) is 0 Å². The Morgan fingerprint density at radius 1 is 1.36 bits per heavy atom. The van der Waals surface area contributed by atoms with Crippen LogP contribution in [0.15, 0.2) is 24.3 Å². The maximum absolute atomic E-state index is 5.68. The van der Waals surface area contributed by atoms with Gasteiger partial charge in [-0.2, -0.15) is 0 Å². The van der Waals surface area contributed by atoms with Gasteiger partial charge in [0.15, 0.2) is 0 Å². The fourth-order valence-corrected chi connectivity index (χ4v) is 2.00. The summed E-state index contributed by atoms with van der Waals surface area (Å²) in [6.45, 7) is 3.84. The molecule has 1 unspecified atom stereocenters. The first-order chi connectivity index (χ1) is 6.81. The third kappa shape index (κ3) is 1.81. The van der Waals surface area contributed by atoms with Gasteiger partial charge in [-0.3, -0.25) is 4.90 Å². The van der Waals surface area contributed by atoms with Crippen LogP contribution in [0.4, 0.5) is 0 Å². The highest BCUT2D eigenvalue weighted by atomic mass is 16.5. The number of nitrogens with zero attached hydrogens (tertiary/aromatic N) is 1. The summed E-state index contributed by atoms with van der Waals surface area (Å²) in [6.07, 6.45) is 1.27. The zero-order valence-corrected chi connectivity index (χ0v) is 8.86. The molecule has 1 heterocycles. The zero-order valence-electron chi connectivity index (χ0n) is 8.86. The minimum Gasteiger partial charge on any atom is -0.363 e. The summed E-state index contributed by atoms with van der Waals surface area (Å²) in [5.41, 5.74) is 2.87. The third-order valence-corrected chi connectivity index (χ3v) is 2.78. The van der Waals surface area contributed by atoms with E-state index in [-0.39, 0.29) is 6.23 Å². The van der Waals surface area contributed by atoms with Gasteiger partial charge in [-0.1, -0.05) is 24.3 Å². The van der Waals surface area contributed by atoms with Gasteiger partial charge in [-0.15, -0.1) is 0 Å². The third-order valence-electron chi connectivity index (χ3n) is 2.78. The van der Waals surface area contributed by atoms with Crippen LogP contribution in [-0.2, 0) is 17.7 Å². The van der Waals surface area contributed by atoms with E-state index in [1.807, 2.05) is 6.92 Å². The molecule has 1 atom stereocenters. The molecule has 1 aromatic rings. The van der Waals surface area contributed by atoms with E-state index in [0.29, 0.717) is 0 Å². The van der Waals surface area contributed by atoms with E-state index < -0.39 is 0 Å². The van der Waals surface area contributed by atoms with Crippen molar-refractivity contribution in [2.45, 2.75) is 26.1 Å². The molecule has 0 fully saturated rings. The lowest BCUT2D eigenvalue weighted by atomic mass is 9.99. The summed E-state index contributed by atoms with van der Waals surface area (Å²) in [5.74, 6) is 0. The Hall–Kier alpha value is -0.860. The first-order valence-electron chi connectivity index (χ1n) is 5.20. The van der Waals surface area contributed by atoms with Crippen LogP contribution in [0.1, 0.15) is 18.1 Å². The largest absolute Gasteiger partial charge is 0.363 e. The molecule has 1 aromatic carbocycles. The maximum atomic E-state index is 5.68. The fraction of sp³-hybridized carbons (Fsp3) is 0.500. The smallest absolute Gasteiger partial charge is 0.114 e. The van der Waals surface area contributed by atoms with Crippen LogP contribution in [0.2, 0.25) is 0 Å². The molecule has 0 spiro atoms. The van der Waals surface area contributed by atoms with E-state index in [2.05, 4.69) is 36.2 Å². The van der Waals surface area contributed by atoms with Crippen LogP contribution in [-0.4, -0.2) is 24.8 Å². The van der Waals surface area contributed by atoms with E-state index >= 15 is 0 Å². The van der Waals surface area contributed by atoms with E-state index in [9.17, 15) is 0 Å². The summed E-state index contributed by atoms with van der Waals surface area (Å²) < 4.78 is 5.68. The first-order valence-corrected chi connectivity index (χ1v) is 5.20. The second-order valence-electron chi connectivity index (χ2n) is 3.80. The van der Waals surface area contributed by atoms with Gasteiger partial charge in [-0.25, -0.2) is 0 Å². The molecule has 0 saturated carbocycles. The van der Waals surface area contributed by atoms with Gasteiger partial charge in [0.05, 0.1) is 0 Å². The lowest BCUT2D eigenvalue weighted by molar-refractivity contribution is -0.0516. The Bertz CT molecular complexity index is 311. The molecule has 2 rings (SSSR count). The number of fused-ring (bicyclic) bond motifs is 1. The number of benzene rings is 1. The van der Waals surface area contributed by atoms with Crippen LogP contribution in [0.5, 0.6) is 0 Å². The van der Waals surface area contributed by atoms with Crippen LogP contribution in [0.25, 0.3) is 0 Å². The minimum absolute atomic E-state index is 0.259. The van der Waals surface area contributed by atoms with Crippen molar-refractivity contribution in [3.05, 3.63) is 35.4 Å². The Morgan fingerprint density at radius 2 is 2.07 bits per heavy atom. The summed E-state index contributed by atoms with van der Waals surface area (Å²) >= 11 is 0. The van der Waals surface area contributed by atoms with Crippen LogP contribution >= 0.6 is 0 Å². The van der Waals surface area contributed by atoms with E-state index in [0.717, 1.165) is 19.6 Å². The Morgan fingerprint density at radius 3 is 2.79 bits per heavy atom. The molecule has 0 amide bonds. The molecular weight excluding hydrogens is 174 g/mol. The predicted molar refractivity (Wildman–Crippen MR) is 57.0 cm³/mol. The van der Waals surface area contributed by atoms with Crippen molar-refractivity contribution < 1.29 is 4.74 Å². The van der Waals surface area contributed by atoms with E-state index in [1.54, 1.807) is 0 Å². The van der Waals surface area contributed by atoms with Gasteiger partial charge in [0.1, 0.15) is 6.23 Å². The van der Waals surface area contributed by atoms with Crippen molar-refractivity contribution in [2.24, 2.45) is 0 Å². The highest BCUT2D eigenvalue weighted by molar-refractivity contribution is 5.29. The molecule has 76 valence electrons. The zero-order chi connectivity index (χ0) is 9.97. The molecule has 0 bridgehead atoms. The van der Waals surface area contributed by atoms with Crippen molar-refractivity contribution in [1.82, 2.24) is 4.90 Å². The second-order valence-corrected chi connectivity index (χ2v) is 3.80. The number of likely N-dealkylation sites (N-methyl/N-ethyl adjacent to an activating group) is 1. The van der Waals surface area contributed by atoms with E-state index in [4.69, 9.17) is 4.74 Å². The Labute approximate surface area is 85.5 Å². The second kappa shape index (κ2) is 4.11. The van der Waals surface area contributed by atoms with Gasteiger partial charge >= 0.3 is 0 Å². The predicted octanol–water partition coefficient (Wildman–Crippen LogP) is 2.04. The SMILES string of the molecule is CCOC1Cc2ccccc2CN1C. The normalized spacial score (nSPS) is 22.0. The van der Waals surface area contributed by atoms with Crippen LogP contribution in [0.3, 0.4) is 0 Å². The summed E-state index contributed by atoms with van der Waals surface area (Å²) in [7, 11) is 2.12. The minimum atomic E-state index is 0.259. The monoisotopic (exact) mass is 191 g/mol. The van der Waals surface area contributed by atoms with Crippen LogP contribution < -0.4 is 0 Å². The molecule has 2 nitrogen and oxygen atoms in total. The number of hydrogen-bond donors (Lipinski definition) is 0. The molecule has 2 heteroatoms. The Balaban J connectivity index is 2.18. The average molecular weight is 191 g/mol. The van der Waals surface area contributed by atoms with Crippen molar-refractivity contribution in [1.29, 1.82) is 0 Å². The van der Waals surface area contributed by atoms with Gasteiger partial charge < -0.3 is 4.74 Å². The molecule has 0 N–H and O–H groups in total. The molecule has 14 heavy (non-hydrogen) atoms. The molecule has 0 radical (unpaired) electrons. The topological polar surface area (TPSA) is 12.5 Å². The Kier molecular flexibility index (Phi) is 2.85. The van der Waals surface area contributed by atoms with Gasteiger partial charge in [0, 0.05) is 19.6 Å². The van der Waals surface area contributed by atoms with Gasteiger partial charge in [0.25, 0.3) is 0 Å². The fourth-order valence-electron chi connectivity index (χ4n) is 2.00. The number of ether oxygens (including phenoxy) is 1. The standard InChI is InChI=1S/C12H17NO/c1-3-14-12-8-10-6-4-5-7-11(10)9-13(12)2/h4-7,12H,3,8-9H2,1-2H3. The quantitative estimate of drug-likeness (QED) is 0.709. The number of hydrogen-bond acceptors (Lipinski definition) is 2. The maximum Gasteiger partial charge on any atom is 0.114 e. The van der Waals surface area contributed by atoms with Crippen molar-refractivity contribution in [3.8, 4) is 0 Å². The van der Waals surface area contributed by atoms with Crippen molar-refractivity contribution >= 4 is 0 Å². The van der Waals surface area contributed by atoms with Gasteiger partial charge in [0.2, 0.25) is 0 Å². The summed E-state index contributed by atoms with van der Waals surface area (Å²) in [4.78, 5) is 2.27.